The summed E-state index contributed by atoms with van der Waals surface area (Å²) in [7, 11) is 0. The van der Waals surface area contributed by atoms with Crippen LogP contribution in [0, 0.1) is 13.8 Å². The molecule has 0 saturated heterocycles. The second-order valence-electron chi connectivity index (χ2n) is 9.12. The first kappa shape index (κ1) is 24.2. The van der Waals surface area contributed by atoms with Crippen LogP contribution in [0.15, 0.2) is 42.7 Å². The molecule has 4 rings (SSSR count). The molecule has 0 saturated carbocycles. The van der Waals surface area contributed by atoms with E-state index in [9.17, 15) is 15.0 Å². The second kappa shape index (κ2) is 9.02. The van der Waals surface area contributed by atoms with Gasteiger partial charge in [-0.3, -0.25) is 9.78 Å². The molecular weight excluding hydrogens is 473 g/mol. The minimum Gasteiger partial charge on any atom is -0.481 e. The van der Waals surface area contributed by atoms with Gasteiger partial charge in [-0.15, -0.1) is 0 Å². The van der Waals surface area contributed by atoms with E-state index in [4.69, 9.17) is 33.2 Å². The van der Waals surface area contributed by atoms with Crippen molar-refractivity contribution in [2.24, 2.45) is 0 Å². The highest BCUT2D eigenvalue weighted by molar-refractivity contribution is 6.31. The van der Waals surface area contributed by atoms with Crippen LogP contribution in [0.1, 0.15) is 36.2 Å². The van der Waals surface area contributed by atoms with Crippen molar-refractivity contribution >= 4 is 34.8 Å². The molecule has 0 fully saturated rings. The van der Waals surface area contributed by atoms with Crippen molar-refractivity contribution in [3.05, 3.63) is 75.2 Å². The molecule has 0 aliphatic carbocycles. The molecule has 0 radical (unpaired) electrons. The summed E-state index contributed by atoms with van der Waals surface area (Å²) in [6, 6.07) is 9.08. The van der Waals surface area contributed by atoms with Crippen LogP contribution in [0.4, 0.5) is 0 Å². The van der Waals surface area contributed by atoms with Crippen molar-refractivity contribution in [3.63, 3.8) is 0 Å². The maximum absolute atomic E-state index is 11.8. The van der Waals surface area contributed by atoms with E-state index in [1.165, 1.54) is 0 Å². The third-order valence-corrected chi connectivity index (χ3v) is 6.15. The van der Waals surface area contributed by atoms with Gasteiger partial charge in [-0.05, 0) is 79.8 Å². The average molecular weight is 498 g/mol. The van der Waals surface area contributed by atoms with Crippen LogP contribution in [0.2, 0.25) is 10.0 Å². The highest BCUT2D eigenvalue weighted by Crippen LogP contribution is 2.38. The minimum atomic E-state index is -0.980. The number of carboxylic acid groups (broad SMARTS) is 1. The Kier molecular flexibility index (Phi) is 6.42. The van der Waals surface area contributed by atoms with Gasteiger partial charge in [0.2, 0.25) is 0 Å². The van der Waals surface area contributed by atoms with Crippen molar-refractivity contribution in [1.29, 1.82) is 0 Å². The van der Waals surface area contributed by atoms with Gasteiger partial charge in [-0.1, -0.05) is 29.3 Å². The van der Waals surface area contributed by atoms with Crippen LogP contribution in [-0.4, -0.2) is 36.2 Å². The number of aliphatic carboxylic acids is 1. The Morgan fingerprint density at radius 3 is 2.44 bits per heavy atom. The number of carboxylic acids is 1. The predicted molar refractivity (Wildman–Crippen MR) is 135 cm³/mol. The van der Waals surface area contributed by atoms with Gasteiger partial charge in [0.25, 0.3) is 0 Å². The maximum Gasteiger partial charge on any atom is 0.307 e. The molecule has 3 heterocycles. The Labute approximate surface area is 207 Å². The molecule has 8 heteroatoms. The Hall–Kier alpha value is -2.93. The Bertz CT molecular complexity index is 1420. The summed E-state index contributed by atoms with van der Waals surface area (Å²) in [5.41, 5.74) is 5.51. The highest BCUT2D eigenvalue weighted by atomic mass is 35.5. The van der Waals surface area contributed by atoms with E-state index in [0.29, 0.717) is 39.1 Å². The molecule has 0 atom stereocenters. The number of hydrogen-bond acceptors (Lipinski definition) is 4. The largest absolute Gasteiger partial charge is 0.481 e. The molecule has 4 aromatic rings. The first-order chi connectivity index (χ1) is 15.9. The number of hydrogen-bond donors (Lipinski definition) is 2. The topological polar surface area (TPSA) is 87.7 Å². The van der Waals surface area contributed by atoms with E-state index in [0.717, 1.165) is 27.9 Å². The molecule has 0 bridgehead atoms. The van der Waals surface area contributed by atoms with Gasteiger partial charge >= 0.3 is 5.97 Å². The monoisotopic (exact) mass is 497 g/mol. The van der Waals surface area contributed by atoms with E-state index in [1.54, 1.807) is 32.2 Å². The number of aliphatic hydroxyl groups is 1. The number of rotatable bonds is 6. The Morgan fingerprint density at radius 1 is 1.06 bits per heavy atom. The summed E-state index contributed by atoms with van der Waals surface area (Å²) in [5, 5.41) is 21.3. The van der Waals surface area contributed by atoms with Crippen molar-refractivity contribution in [1.82, 2.24) is 14.4 Å². The number of benzene rings is 1. The number of fused-ring (bicyclic) bond motifs is 1. The van der Waals surface area contributed by atoms with Crippen LogP contribution in [0.5, 0.6) is 0 Å². The third-order valence-electron chi connectivity index (χ3n) is 5.69. The summed E-state index contributed by atoms with van der Waals surface area (Å²) in [4.78, 5) is 21.3. The Balaban J connectivity index is 2.01. The maximum atomic E-state index is 11.8. The van der Waals surface area contributed by atoms with E-state index in [-0.39, 0.29) is 6.42 Å². The summed E-state index contributed by atoms with van der Waals surface area (Å²) in [6.07, 6.45) is 3.80. The number of nitrogens with zero attached hydrogens (tertiary/aromatic N) is 3. The minimum absolute atomic E-state index is 0.180. The summed E-state index contributed by atoms with van der Waals surface area (Å²) >= 11 is 12.4. The van der Waals surface area contributed by atoms with Gasteiger partial charge in [-0.2, -0.15) is 0 Å². The normalized spacial score (nSPS) is 11.9. The van der Waals surface area contributed by atoms with Gasteiger partial charge in [0.1, 0.15) is 11.3 Å². The molecule has 0 aliphatic rings. The molecule has 176 valence electrons. The zero-order valence-electron chi connectivity index (χ0n) is 19.4. The highest BCUT2D eigenvalue weighted by Gasteiger charge is 2.24. The van der Waals surface area contributed by atoms with E-state index < -0.39 is 11.6 Å². The molecular formula is C26H25Cl2N3O3. The average Bonchev–Trinajstić information content (AvgIpc) is 3.13. The number of carbonyl (C=O) groups is 1. The summed E-state index contributed by atoms with van der Waals surface area (Å²) in [6.45, 7) is 7.19. The van der Waals surface area contributed by atoms with Crippen molar-refractivity contribution < 1.29 is 15.0 Å². The second-order valence-corrected chi connectivity index (χ2v) is 10.00. The van der Waals surface area contributed by atoms with Crippen LogP contribution in [0.3, 0.4) is 0 Å². The zero-order valence-corrected chi connectivity index (χ0v) is 20.9. The van der Waals surface area contributed by atoms with Crippen LogP contribution < -0.4 is 0 Å². The fraction of sp³-hybridized carbons (Fsp3) is 0.269. The lowest BCUT2D eigenvalue weighted by molar-refractivity contribution is -0.136. The first-order valence-electron chi connectivity index (χ1n) is 10.8. The summed E-state index contributed by atoms with van der Waals surface area (Å²) < 4.78 is 1.83. The van der Waals surface area contributed by atoms with Crippen molar-refractivity contribution in [2.75, 3.05) is 0 Å². The number of aromatic nitrogens is 3. The SMILES string of the molecule is Cc1nc(-c2cn3cc(Cl)ccc3n2)c(C)c(-c2ccc(Cl)cc2CC(C)(C)O)c1CC(=O)O. The molecule has 34 heavy (non-hydrogen) atoms. The lowest BCUT2D eigenvalue weighted by Gasteiger charge is -2.23. The number of pyridine rings is 2. The van der Waals surface area contributed by atoms with Gasteiger partial charge in [0.15, 0.2) is 0 Å². The van der Waals surface area contributed by atoms with E-state index >= 15 is 0 Å². The van der Waals surface area contributed by atoms with Gasteiger partial charge in [0, 0.05) is 29.5 Å². The van der Waals surface area contributed by atoms with Gasteiger partial charge < -0.3 is 14.6 Å². The van der Waals surface area contributed by atoms with E-state index in [2.05, 4.69) is 0 Å². The number of halogens is 2. The first-order valence-corrected chi connectivity index (χ1v) is 11.6. The third kappa shape index (κ3) is 4.94. The molecule has 1 aromatic carbocycles. The van der Waals surface area contributed by atoms with Gasteiger partial charge in [-0.25, -0.2) is 4.98 Å². The molecule has 0 aliphatic heterocycles. The standard InChI is InChI=1S/C26H25Cl2N3O3/c1-14-24(19-7-5-17(27)9-16(19)11-26(3,4)34)20(10-23(32)33)15(2)29-25(14)21-13-31-12-18(28)6-8-22(31)30-21/h5-9,12-13,34H,10-11H2,1-4H3,(H,32,33). The fourth-order valence-corrected chi connectivity index (χ4v) is 4.69. The van der Waals surface area contributed by atoms with Crippen LogP contribution in [-0.2, 0) is 17.6 Å². The zero-order chi connectivity index (χ0) is 24.8. The predicted octanol–water partition coefficient (Wildman–Crippen LogP) is 5.93. The molecule has 0 unspecified atom stereocenters. The van der Waals surface area contributed by atoms with Crippen molar-refractivity contribution in [2.45, 2.75) is 46.1 Å². The quantitative estimate of drug-likeness (QED) is 0.344. The Morgan fingerprint density at radius 2 is 1.76 bits per heavy atom. The van der Waals surface area contributed by atoms with E-state index in [1.807, 2.05) is 42.6 Å². The van der Waals surface area contributed by atoms with Crippen molar-refractivity contribution in [3.8, 4) is 22.5 Å². The van der Waals surface area contributed by atoms with Crippen LogP contribution in [0.25, 0.3) is 28.2 Å². The molecule has 3 aromatic heterocycles. The fourth-order valence-electron chi connectivity index (χ4n) is 4.32. The lowest BCUT2D eigenvalue weighted by Crippen LogP contribution is -2.22. The smallest absolute Gasteiger partial charge is 0.307 e. The molecule has 0 amide bonds. The number of imidazole rings is 1. The lowest BCUT2D eigenvalue weighted by atomic mass is 9.85. The van der Waals surface area contributed by atoms with Gasteiger partial charge in [0.05, 0.1) is 22.7 Å². The molecule has 0 spiro atoms. The van der Waals surface area contributed by atoms with Crippen LogP contribution >= 0.6 is 23.2 Å². The summed E-state index contributed by atoms with van der Waals surface area (Å²) in [5.74, 6) is -0.946. The molecule has 6 nitrogen and oxygen atoms in total. The number of aryl methyl sites for hydroxylation is 1. The molecule has 2 N–H and O–H groups in total.